The van der Waals surface area contributed by atoms with Gasteiger partial charge in [-0.25, -0.2) is 4.39 Å². The van der Waals surface area contributed by atoms with Gasteiger partial charge < -0.3 is 10.3 Å². The average Bonchev–Trinajstić information content (AvgIpc) is 2.43. The number of aryl methyl sites for hydroxylation is 1. The Morgan fingerprint density at radius 1 is 1.40 bits per heavy atom. The van der Waals surface area contributed by atoms with E-state index in [4.69, 9.17) is 5.73 Å². The highest BCUT2D eigenvalue weighted by atomic mass is 19.1. The van der Waals surface area contributed by atoms with Gasteiger partial charge in [-0.2, -0.15) is 0 Å². The van der Waals surface area contributed by atoms with Crippen LogP contribution in [0.5, 0.6) is 0 Å². The number of halogens is 1. The monoisotopic (exact) mass is 207 g/mol. The largest absolute Gasteiger partial charge is 0.345 e. The molecule has 0 aromatic carbocycles. The quantitative estimate of drug-likeness (QED) is 0.776. The summed E-state index contributed by atoms with van der Waals surface area (Å²) >= 11 is 0. The lowest BCUT2D eigenvalue weighted by Crippen LogP contribution is -2.30. The number of fused-ring (bicyclic) bond motifs is 1. The van der Waals surface area contributed by atoms with E-state index in [2.05, 4.69) is 4.98 Å². The highest BCUT2D eigenvalue weighted by molar-refractivity contribution is 5.77. The number of pyridine rings is 1. The van der Waals surface area contributed by atoms with Crippen LogP contribution >= 0.6 is 0 Å². The number of aromatic nitrogens is 2. The van der Waals surface area contributed by atoms with Crippen LogP contribution in [-0.2, 0) is 12.6 Å². The Balaban J connectivity index is 2.76. The van der Waals surface area contributed by atoms with Gasteiger partial charge in [0.05, 0.1) is 22.8 Å². The van der Waals surface area contributed by atoms with Crippen LogP contribution in [0.2, 0.25) is 0 Å². The zero-order valence-corrected chi connectivity index (χ0v) is 9.08. The van der Waals surface area contributed by atoms with Gasteiger partial charge in [-0.3, -0.25) is 4.98 Å². The van der Waals surface area contributed by atoms with E-state index in [0.29, 0.717) is 0 Å². The van der Waals surface area contributed by atoms with E-state index in [-0.39, 0.29) is 5.82 Å². The predicted molar refractivity (Wildman–Crippen MR) is 57.9 cm³/mol. The summed E-state index contributed by atoms with van der Waals surface area (Å²) in [5.41, 5.74) is 8.04. The predicted octanol–water partition coefficient (Wildman–Crippen LogP) is 1.91. The summed E-state index contributed by atoms with van der Waals surface area (Å²) in [5, 5.41) is 0. The van der Waals surface area contributed by atoms with Crippen molar-refractivity contribution in [1.82, 2.24) is 9.55 Å². The van der Waals surface area contributed by atoms with Gasteiger partial charge in [-0.1, -0.05) is 0 Å². The van der Waals surface area contributed by atoms with Gasteiger partial charge in [0.25, 0.3) is 0 Å². The smallest absolute Gasteiger partial charge is 0.143 e. The fraction of sp³-hybridized carbons (Fsp3) is 0.364. The second kappa shape index (κ2) is 3.03. The van der Waals surface area contributed by atoms with E-state index in [1.54, 1.807) is 0 Å². The molecule has 80 valence electrons. The van der Waals surface area contributed by atoms with Crippen LogP contribution in [0, 0.1) is 5.82 Å². The van der Waals surface area contributed by atoms with Gasteiger partial charge in [-0.05, 0) is 19.9 Å². The van der Waals surface area contributed by atoms with E-state index in [1.807, 2.05) is 31.5 Å². The Bertz CT molecular complexity index is 508. The number of hydrogen-bond acceptors (Lipinski definition) is 2. The molecule has 0 fully saturated rings. The van der Waals surface area contributed by atoms with Gasteiger partial charge in [0.2, 0.25) is 0 Å². The second-order valence-corrected chi connectivity index (χ2v) is 4.37. The molecule has 2 rings (SSSR count). The van der Waals surface area contributed by atoms with Crippen LogP contribution < -0.4 is 5.73 Å². The minimum atomic E-state index is -0.452. The molecule has 0 aliphatic heterocycles. The molecule has 0 saturated heterocycles. The van der Waals surface area contributed by atoms with Gasteiger partial charge >= 0.3 is 0 Å². The SMILES string of the molecule is Cn1c(C(C)(C)N)cc2ncc(F)cc21. The van der Waals surface area contributed by atoms with Gasteiger partial charge in [0, 0.05) is 18.8 Å². The van der Waals surface area contributed by atoms with E-state index in [1.165, 1.54) is 12.3 Å². The van der Waals surface area contributed by atoms with Crippen LogP contribution in [0.3, 0.4) is 0 Å². The maximum Gasteiger partial charge on any atom is 0.143 e. The van der Waals surface area contributed by atoms with Crippen molar-refractivity contribution in [1.29, 1.82) is 0 Å². The molecule has 0 spiro atoms. The molecule has 2 heterocycles. The lowest BCUT2D eigenvalue weighted by molar-refractivity contribution is 0.516. The van der Waals surface area contributed by atoms with Gasteiger partial charge in [-0.15, -0.1) is 0 Å². The first-order chi connectivity index (χ1) is 6.89. The third-order valence-corrected chi connectivity index (χ3v) is 2.52. The Morgan fingerprint density at radius 2 is 2.07 bits per heavy atom. The Kier molecular flexibility index (Phi) is 2.04. The maximum atomic E-state index is 13.0. The van der Waals surface area contributed by atoms with Crippen molar-refractivity contribution in [2.45, 2.75) is 19.4 Å². The Labute approximate surface area is 87.7 Å². The van der Waals surface area contributed by atoms with E-state index < -0.39 is 5.54 Å². The van der Waals surface area contributed by atoms with Crippen molar-refractivity contribution in [3.8, 4) is 0 Å². The third-order valence-electron chi connectivity index (χ3n) is 2.52. The molecule has 0 atom stereocenters. The lowest BCUT2D eigenvalue weighted by atomic mass is 10.0. The molecule has 2 aromatic rings. The zero-order chi connectivity index (χ0) is 11.2. The molecule has 15 heavy (non-hydrogen) atoms. The summed E-state index contributed by atoms with van der Waals surface area (Å²) in [7, 11) is 1.87. The summed E-state index contributed by atoms with van der Waals surface area (Å²) in [6, 6.07) is 3.37. The number of nitrogens with two attached hydrogens (primary N) is 1. The molecule has 4 heteroatoms. The van der Waals surface area contributed by atoms with Crippen molar-refractivity contribution in [2.75, 3.05) is 0 Å². The first-order valence-electron chi connectivity index (χ1n) is 4.80. The van der Waals surface area contributed by atoms with Crippen molar-refractivity contribution in [3.05, 3.63) is 29.8 Å². The topological polar surface area (TPSA) is 43.8 Å². The fourth-order valence-electron chi connectivity index (χ4n) is 1.79. The van der Waals surface area contributed by atoms with E-state index in [0.717, 1.165) is 16.7 Å². The van der Waals surface area contributed by atoms with E-state index >= 15 is 0 Å². The van der Waals surface area contributed by atoms with Crippen LogP contribution in [0.25, 0.3) is 11.0 Å². The molecule has 0 aliphatic rings. The molecular weight excluding hydrogens is 193 g/mol. The van der Waals surface area contributed by atoms with E-state index in [9.17, 15) is 4.39 Å². The van der Waals surface area contributed by atoms with Crippen molar-refractivity contribution in [2.24, 2.45) is 12.8 Å². The average molecular weight is 207 g/mol. The first-order valence-corrected chi connectivity index (χ1v) is 4.80. The molecule has 0 aliphatic carbocycles. The highest BCUT2D eigenvalue weighted by Gasteiger charge is 2.20. The molecule has 0 unspecified atom stereocenters. The first kappa shape index (κ1) is 10.1. The minimum absolute atomic E-state index is 0.329. The van der Waals surface area contributed by atoms with Gasteiger partial charge in [0.1, 0.15) is 5.82 Å². The van der Waals surface area contributed by atoms with Crippen molar-refractivity contribution < 1.29 is 4.39 Å². The van der Waals surface area contributed by atoms with Crippen molar-refractivity contribution in [3.63, 3.8) is 0 Å². The Morgan fingerprint density at radius 3 is 2.67 bits per heavy atom. The fourth-order valence-corrected chi connectivity index (χ4v) is 1.79. The summed E-state index contributed by atoms with van der Waals surface area (Å²) in [4.78, 5) is 4.02. The lowest BCUT2D eigenvalue weighted by Gasteiger charge is -2.19. The normalized spacial score (nSPS) is 12.3. The van der Waals surface area contributed by atoms with Crippen molar-refractivity contribution >= 4 is 11.0 Å². The maximum absolute atomic E-state index is 13.0. The highest BCUT2D eigenvalue weighted by Crippen LogP contribution is 2.24. The minimum Gasteiger partial charge on any atom is -0.345 e. The molecule has 0 radical (unpaired) electrons. The zero-order valence-electron chi connectivity index (χ0n) is 9.08. The molecule has 0 saturated carbocycles. The molecule has 2 N–H and O–H groups in total. The second-order valence-electron chi connectivity index (χ2n) is 4.37. The summed E-state index contributed by atoms with van der Waals surface area (Å²) in [5.74, 6) is -0.329. The summed E-state index contributed by atoms with van der Waals surface area (Å²) in [6.45, 7) is 3.83. The van der Waals surface area contributed by atoms with Crippen LogP contribution in [0.15, 0.2) is 18.3 Å². The molecule has 3 nitrogen and oxygen atoms in total. The van der Waals surface area contributed by atoms with Gasteiger partial charge in [0.15, 0.2) is 0 Å². The number of hydrogen-bond donors (Lipinski definition) is 1. The summed E-state index contributed by atoms with van der Waals surface area (Å²) < 4.78 is 14.9. The molecule has 0 amide bonds. The number of rotatable bonds is 1. The summed E-state index contributed by atoms with van der Waals surface area (Å²) in [6.07, 6.45) is 1.22. The molecule has 2 aromatic heterocycles. The Hall–Kier alpha value is -1.42. The van der Waals surface area contributed by atoms with Crippen LogP contribution in [-0.4, -0.2) is 9.55 Å². The van der Waals surface area contributed by atoms with Crippen LogP contribution in [0.1, 0.15) is 19.5 Å². The van der Waals surface area contributed by atoms with Crippen LogP contribution in [0.4, 0.5) is 4.39 Å². The molecule has 0 bridgehead atoms. The number of nitrogens with zero attached hydrogens (tertiary/aromatic N) is 2. The third kappa shape index (κ3) is 1.61. The molecular formula is C11H14FN3. The standard InChI is InChI=1S/C11H14FN3/c1-11(2,13)10-5-8-9(15(10)3)4-7(12)6-14-8/h4-6H,13H2,1-3H3.